The molecule has 0 bridgehead atoms. The number of morpholine rings is 1. The summed E-state index contributed by atoms with van der Waals surface area (Å²) in [6.45, 7) is 7.63. The molecule has 2 aromatic rings. The van der Waals surface area contributed by atoms with E-state index in [0.717, 1.165) is 49.5 Å². The maximum Gasteiger partial charge on any atom is 0.258 e. The Morgan fingerprint density at radius 1 is 1.11 bits per heavy atom. The minimum absolute atomic E-state index is 0.0981. The van der Waals surface area contributed by atoms with Gasteiger partial charge in [0.1, 0.15) is 6.17 Å². The fraction of sp³-hybridized carbons (Fsp3) is 0.409. The minimum atomic E-state index is -0.152. The van der Waals surface area contributed by atoms with Crippen LogP contribution >= 0.6 is 0 Å². The lowest BCUT2D eigenvalue weighted by molar-refractivity contribution is 0.0593. The van der Waals surface area contributed by atoms with Crippen molar-refractivity contribution in [2.75, 3.05) is 36.5 Å². The van der Waals surface area contributed by atoms with E-state index in [1.54, 1.807) is 0 Å². The van der Waals surface area contributed by atoms with Crippen LogP contribution in [0.1, 0.15) is 42.4 Å². The van der Waals surface area contributed by atoms with E-state index in [2.05, 4.69) is 48.3 Å². The molecule has 0 spiro atoms. The molecule has 142 valence electrons. The number of nitrogens with zero attached hydrogens (tertiary/aromatic N) is 2. The molecular formula is C22H27N3O2. The van der Waals surface area contributed by atoms with E-state index in [1.807, 2.05) is 29.2 Å². The van der Waals surface area contributed by atoms with E-state index < -0.39 is 0 Å². The Morgan fingerprint density at radius 3 is 2.52 bits per heavy atom. The Bertz CT molecular complexity index is 799. The molecule has 2 atom stereocenters. The van der Waals surface area contributed by atoms with E-state index in [-0.39, 0.29) is 18.1 Å². The summed E-state index contributed by atoms with van der Waals surface area (Å²) >= 11 is 0. The number of amides is 1. The molecule has 1 fully saturated rings. The van der Waals surface area contributed by atoms with Gasteiger partial charge in [-0.3, -0.25) is 4.79 Å². The summed E-state index contributed by atoms with van der Waals surface area (Å²) in [5, 5.41) is 3.58. The number of anilines is 2. The van der Waals surface area contributed by atoms with Crippen LogP contribution in [0.25, 0.3) is 0 Å². The van der Waals surface area contributed by atoms with Crippen molar-refractivity contribution in [1.82, 2.24) is 4.90 Å². The van der Waals surface area contributed by atoms with E-state index in [4.69, 9.17) is 4.74 Å². The van der Waals surface area contributed by atoms with Crippen molar-refractivity contribution in [2.45, 2.75) is 32.5 Å². The molecule has 5 heteroatoms. The number of carbonyl (C=O) groups excluding carboxylic acids is 1. The molecule has 0 aromatic heterocycles. The third-order valence-electron chi connectivity index (χ3n) is 5.61. The van der Waals surface area contributed by atoms with Crippen molar-refractivity contribution in [3.63, 3.8) is 0 Å². The summed E-state index contributed by atoms with van der Waals surface area (Å²) in [4.78, 5) is 17.5. The third-order valence-corrected chi connectivity index (χ3v) is 5.61. The highest BCUT2D eigenvalue weighted by molar-refractivity contribution is 6.01. The van der Waals surface area contributed by atoms with Crippen LogP contribution in [0.4, 0.5) is 11.4 Å². The largest absolute Gasteiger partial charge is 0.378 e. The Hall–Kier alpha value is -2.53. The second-order valence-electron chi connectivity index (χ2n) is 7.25. The lowest BCUT2D eigenvalue weighted by Crippen LogP contribution is -2.47. The molecule has 27 heavy (non-hydrogen) atoms. The first kappa shape index (κ1) is 17.9. The van der Waals surface area contributed by atoms with Crippen LogP contribution in [-0.4, -0.2) is 43.2 Å². The van der Waals surface area contributed by atoms with Crippen LogP contribution in [0.2, 0.25) is 0 Å². The fourth-order valence-electron chi connectivity index (χ4n) is 3.85. The van der Waals surface area contributed by atoms with Gasteiger partial charge in [0.2, 0.25) is 0 Å². The van der Waals surface area contributed by atoms with Crippen LogP contribution < -0.4 is 10.2 Å². The number of para-hydroxylation sites is 1. The standard InChI is InChI=1S/C22H27N3O2/c1-3-16(2)25-21(23-20-7-5-4-6-19(20)22(25)26)17-8-10-18(11-9-17)24-12-14-27-15-13-24/h4-11,16,21,23H,3,12-15H2,1-2H3/t16-,21-/m1/s1. The first-order valence-electron chi connectivity index (χ1n) is 9.80. The summed E-state index contributed by atoms with van der Waals surface area (Å²) in [6.07, 6.45) is 0.763. The van der Waals surface area contributed by atoms with Crippen LogP contribution in [0, 0.1) is 0 Å². The first-order chi connectivity index (χ1) is 13.2. The van der Waals surface area contributed by atoms with Gasteiger partial charge in [0.25, 0.3) is 5.91 Å². The number of nitrogens with one attached hydrogen (secondary N) is 1. The van der Waals surface area contributed by atoms with Gasteiger partial charge in [-0.15, -0.1) is 0 Å². The highest BCUT2D eigenvalue weighted by Crippen LogP contribution is 2.35. The van der Waals surface area contributed by atoms with Crippen LogP contribution in [0.5, 0.6) is 0 Å². The second kappa shape index (κ2) is 7.61. The van der Waals surface area contributed by atoms with Crippen LogP contribution in [-0.2, 0) is 4.74 Å². The lowest BCUT2D eigenvalue weighted by Gasteiger charge is -2.41. The summed E-state index contributed by atoms with van der Waals surface area (Å²) in [7, 11) is 0. The molecule has 2 aliphatic rings. The summed E-state index contributed by atoms with van der Waals surface area (Å²) in [6, 6.07) is 16.5. The zero-order valence-electron chi connectivity index (χ0n) is 16.0. The molecule has 2 heterocycles. The Labute approximate surface area is 160 Å². The number of rotatable bonds is 4. The molecule has 0 unspecified atom stereocenters. The molecule has 0 aliphatic carbocycles. The normalized spacial score (nSPS) is 20.8. The third kappa shape index (κ3) is 3.39. The SMILES string of the molecule is CC[C@@H](C)N1C(=O)c2ccccc2N[C@H]1c1ccc(N2CCOCC2)cc1. The van der Waals surface area contributed by atoms with Crippen LogP contribution in [0.15, 0.2) is 48.5 Å². The van der Waals surface area contributed by atoms with Gasteiger partial charge in [-0.25, -0.2) is 0 Å². The molecule has 2 aromatic carbocycles. The zero-order valence-corrected chi connectivity index (χ0v) is 16.0. The van der Waals surface area contributed by atoms with Gasteiger partial charge in [0.05, 0.1) is 18.8 Å². The molecule has 0 radical (unpaired) electrons. The molecule has 1 N–H and O–H groups in total. The quantitative estimate of drug-likeness (QED) is 0.893. The maximum absolute atomic E-state index is 13.2. The molecule has 0 saturated carbocycles. The van der Waals surface area contributed by atoms with Gasteiger partial charge < -0.3 is 19.9 Å². The number of hydrogen-bond donors (Lipinski definition) is 1. The summed E-state index contributed by atoms with van der Waals surface area (Å²) < 4.78 is 5.44. The molecule has 5 nitrogen and oxygen atoms in total. The topological polar surface area (TPSA) is 44.8 Å². The lowest BCUT2D eigenvalue weighted by atomic mass is 10.0. The van der Waals surface area contributed by atoms with Gasteiger partial charge in [0, 0.05) is 30.5 Å². The highest BCUT2D eigenvalue weighted by Gasteiger charge is 2.35. The van der Waals surface area contributed by atoms with Crippen molar-refractivity contribution >= 4 is 17.3 Å². The monoisotopic (exact) mass is 365 g/mol. The van der Waals surface area contributed by atoms with E-state index >= 15 is 0 Å². The summed E-state index contributed by atoms with van der Waals surface area (Å²) in [5.74, 6) is 0.0981. The molecule has 1 saturated heterocycles. The van der Waals surface area contributed by atoms with Crippen molar-refractivity contribution in [1.29, 1.82) is 0 Å². The first-order valence-corrected chi connectivity index (χ1v) is 9.80. The molecular weight excluding hydrogens is 338 g/mol. The molecule has 2 aliphatic heterocycles. The van der Waals surface area contributed by atoms with Crippen molar-refractivity contribution < 1.29 is 9.53 Å². The average Bonchev–Trinajstić information content (AvgIpc) is 2.74. The van der Waals surface area contributed by atoms with E-state index in [1.165, 1.54) is 5.69 Å². The van der Waals surface area contributed by atoms with Crippen molar-refractivity contribution in [3.05, 3.63) is 59.7 Å². The van der Waals surface area contributed by atoms with Gasteiger partial charge >= 0.3 is 0 Å². The second-order valence-corrected chi connectivity index (χ2v) is 7.25. The minimum Gasteiger partial charge on any atom is -0.378 e. The average molecular weight is 365 g/mol. The van der Waals surface area contributed by atoms with Crippen molar-refractivity contribution in [2.24, 2.45) is 0 Å². The number of hydrogen-bond acceptors (Lipinski definition) is 4. The smallest absolute Gasteiger partial charge is 0.258 e. The van der Waals surface area contributed by atoms with Gasteiger partial charge in [-0.2, -0.15) is 0 Å². The Morgan fingerprint density at radius 2 is 1.81 bits per heavy atom. The fourth-order valence-corrected chi connectivity index (χ4v) is 3.85. The Balaban J connectivity index is 1.65. The van der Waals surface area contributed by atoms with Gasteiger partial charge in [0.15, 0.2) is 0 Å². The predicted molar refractivity (Wildman–Crippen MR) is 108 cm³/mol. The number of ether oxygens (including phenoxy) is 1. The van der Waals surface area contributed by atoms with E-state index in [0.29, 0.717) is 0 Å². The Kier molecular flexibility index (Phi) is 5.03. The van der Waals surface area contributed by atoms with Gasteiger partial charge in [-0.05, 0) is 43.2 Å². The van der Waals surface area contributed by atoms with Crippen LogP contribution in [0.3, 0.4) is 0 Å². The summed E-state index contributed by atoms with van der Waals surface area (Å²) in [5.41, 5.74) is 3.97. The zero-order chi connectivity index (χ0) is 18.8. The van der Waals surface area contributed by atoms with Gasteiger partial charge in [-0.1, -0.05) is 31.2 Å². The predicted octanol–water partition coefficient (Wildman–Crippen LogP) is 3.89. The number of carbonyl (C=O) groups is 1. The molecule has 1 amide bonds. The van der Waals surface area contributed by atoms with Crippen molar-refractivity contribution in [3.8, 4) is 0 Å². The highest BCUT2D eigenvalue weighted by atomic mass is 16.5. The maximum atomic E-state index is 13.2. The number of fused-ring (bicyclic) bond motifs is 1. The molecule has 4 rings (SSSR count). The van der Waals surface area contributed by atoms with E-state index in [9.17, 15) is 4.79 Å². The number of benzene rings is 2.